The third kappa shape index (κ3) is 4.11. The van der Waals surface area contributed by atoms with Crippen LogP contribution in [0.25, 0.3) is 0 Å². The number of carbonyl (C=O) groups is 2. The first kappa shape index (κ1) is 19.1. The number of anilines is 1. The van der Waals surface area contributed by atoms with Crippen molar-refractivity contribution in [1.82, 2.24) is 0 Å². The summed E-state index contributed by atoms with van der Waals surface area (Å²) in [5, 5.41) is 1.75. The Morgan fingerprint density at radius 1 is 1.07 bits per heavy atom. The molecule has 2 aromatic rings. The molecule has 0 spiro atoms. The lowest BCUT2D eigenvalue weighted by molar-refractivity contribution is -0.690. The number of rotatable bonds is 5. The van der Waals surface area contributed by atoms with E-state index in [1.807, 2.05) is 12.1 Å². The van der Waals surface area contributed by atoms with E-state index in [4.69, 9.17) is 9.47 Å². The molecule has 0 aromatic heterocycles. The van der Waals surface area contributed by atoms with Crippen molar-refractivity contribution in [3.63, 3.8) is 0 Å². The minimum atomic E-state index is -4.81. The molecule has 10 heteroatoms. The van der Waals surface area contributed by atoms with Crippen molar-refractivity contribution in [2.45, 2.75) is 25.4 Å². The molecule has 1 atom stereocenters. The predicted molar refractivity (Wildman–Crippen MR) is 92.2 cm³/mol. The second kappa shape index (κ2) is 7.28. The maximum Gasteiger partial charge on any atom is 0.573 e. The smallest absolute Gasteiger partial charge is 0.454 e. The molecular weight excluding hydrogens is 393 g/mol. The number of quaternary nitrogens is 1. The van der Waals surface area contributed by atoms with Gasteiger partial charge in [0.05, 0.1) is 12.1 Å². The lowest BCUT2D eigenvalue weighted by Crippen LogP contribution is -2.90. The van der Waals surface area contributed by atoms with Crippen LogP contribution in [-0.2, 0) is 16.1 Å². The van der Waals surface area contributed by atoms with Crippen LogP contribution in [0.15, 0.2) is 42.5 Å². The van der Waals surface area contributed by atoms with Crippen molar-refractivity contribution in [2.75, 3.05) is 11.7 Å². The molecule has 0 radical (unpaired) electrons. The molecule has 7 nitrogen and oxygen atoms in total. The van der Waals surface area contributed by atoms with E-state index >= 15 is 0 Å². The fraction of sp³-hybridized carbons (Fsp3) is 0.263. The SMILES string of the molecule is O=C1C[C@H]([NH2+]Cc2ccc3c(c2)OCO3)C(=O)N1c1ccc(OC(F)(F)F)cc1. The Bertz CT molecular complexity index is 946. The summed E-state index contributed by atoms with van der Waals surface area (Å²) in [6.45, 7) is 0.617. The van der Waals surface area contributed by atoms with Crippen LogP contribution in [0.2, 0.25) is 0 Å². The predicted octanol–water partition coefficient (Wildman–Crippen LogP) is 1.71. The first-order chi connectivity index (χ1) is 13.8. The lowest BCUT2D eigenvalue weighted by Gasteiger charge is -2.15. The normalized spacial score (nSPS) is 18.4. The van der Waals surface area contributed by atoms with Crippen LogP contribution in [0.4, 0.5) is 18.9 Å². The molecule has 152 valence electrons. The number of amides is 2. The van der Waals surface area contributed by atoms with Gasteiger partial charge in [-0.2, -0.15) is 0 Å². The quantitative estimate of drug-likeness (QED) is 0.761. The summed E-state index contributed by atoms with van der Waals surface area (Å²) in [4.78, 5) is 26.0. The second-order valence-electron chi connectivity index (χ2n) is 6.55. The van der Waals surface area contributed by atoms with Crippen LogP contribution in [0.3, 0.4) is 0 Å². The summed E-state index contributed by atoms with van der Waals surface area (Å²) in [5.41, 5.74) is 1.11. The van der Waals surface area contributed by atoms with Crippen LogP contribution in [0.5, 0.6) is 17.2 Å². The molecule has 29 heavy (non-hydrogen) atoms. The van der Waals surface area contributed by atoms with Gasteiger partial charge in [0.25, 0.3) is 5.91 Å². The van der Waals surface area contributed by atoms with Crippen LogP contribution < -0.4 is 24.4 Å². The van der Waals surface area contributed by atoms with Crippen molar-refractivity contribution in [1.29, 1.82) is 0 Å². The van der Waals surface area contributed by atoms with E-state index in [0.29, 0.717) is 18.0 Å². The molecule has 2 N–H and O–H groups in total. The number of hydrogen-bond donors (Lipinski definition) is 1. The highest BCUT2D eigenvalue weighted by atomic mass is 19.4. The van der Waals surface area contributed by atoms with Gasteiger partial charge in [0.15, 0.2) is 17.5 Å². The number of ether oxygens (including phenoxy) is 3. The number of halogens is 3. The van der Waals surface area contributed by atoms with E-state index in [1.54, 1.807) is 11.4 Å². The van der Waals surface area contributed by atoms with Gasteiger partial charge < -0.3 is 19.5 Å². The number of hydrogen-bond acceptors (Lipinski definition) is 5. The number of nitrogens with zero attached hydrogens (tertiary/aromatic N) is 1. The van der Waals surface area contributed by atoms with Gasteiger partial charge >= 0.3 is 6.36 Å². The third-order valence-corrected chi connectivity index (χ3v) is 4.59. The standard InChI is InChI=1S/C19H15F3N2O5/c20-19(21,22)29-13-4-2-12(3-5-13)24-17(25)8-14(18(24)26)23-9-11-1-6-15-16(7-11)28-10-27-15/h1-7,14,23H,8-10H2/p+1/t14-/m0/s1. The molecule has 2 amide bonds. The largest absolute Gasteiger partial charge is 0.573 e. The van der Waals surface area contributed by atoms with Crippen molar-refractivity contribution < 1.29 is 42.3 Å². The zero-order valence-corrected chi connectivity index (χ0v) is 14.9. The fourth-order valence-electron chi connectivity index (χ4n) is 3.25. The van der Waals surface area contributed by atoms with Gasteiger partial charge in [-0.25, -0.2) is 4.90 Å². The van der Waals surface area contributed by atoms with E-state index in [9.17, 15) is 22.8 Å². The Hall–Kier alpha value is -3.27. The molecule has 1 saturated heterocycles. The maximum atomic E-state index is 12.7. The van der Waals surface area contributed by atoms with Crippen molar-refractivity contribution in [3.8, 4) is 17.2 Å². The minimum absolute atomic E-state index is 0.00415. The topological polar surface area (TPSA) is 81.7 Å². The van der Waals surface area contributed by atoms with Crippen molar-refractivity contribution in [3.05, 3.63) is 48.0 Å². The maximum absolute atomic E-state index is 12.7. The fourth-order valence-corrected chi connectivity index (χ4v) is 3.25. The van der Waals surface area contributed by atoms with Gasteiger partial charge in [0, 0.05) is 5.56 Å². The molecule has 0 aliphatic carbocycles. The zero-order chi connectivity index (χ0) is 20.6. The summed E-state index contributed by atoms with van der Waals surface area (Å²) in [5.74, 6) is 0.0374. The van der Waals surface area contributed by atoms with Crippen molar-refractivity contribution >= 4 is 17.5 Å². The monoisotopic (exact) mass is 409 g/mol. The second-order valence-corrected chi connectivity index (χ2v) is 6.55. The van der Waals surface area contributed by atoms with Crippen LogP contribution in [0, 0.1) is 0 Å². The average molecular weight is 409 g/mol. The summed E-state index contributed by atoms with van der Waals surface area (Å²) < 4.78 is 51.1. The van der Waals surface area contributed by atoms with E-state index in [0.717, 1.165) is 22.6 Å². The molecule has 2 aromatic carbocycles. The molecular formula is C19H16F3N2O5+. The number of benzene rings is 2. The first-order valence-corrected chi connectivity index (χ1v) is 8.74. The van der Waals surface area contributed by atoms with E-state index < -0.39 is 30.0 Å². The molecule has 2 heterocycles. The van der Waals surface area contributed by atoms with Gasteiger partial charge in [-0.3, -0.25) is 9.59 Å². The number of fused-ring (bicyclic) bond motifs is 1. The Kier molecular flexibility index (Phi) is 4.79. The number of imide groups is 1. The summed E-state index contributed by atoms with van der Waals surface area (Å²) >= 11 is 0. The molecule has 1 fully saturated rings. The van der Waals surface area contributed by atoms with Crippen LogP contribution in [0.1, 0.15) is 12.0 Å². The molecule has 0 bridgehead atoms. The number of carbonyl (C=O) groups excluding carboxylic acids is 2. The molecule has 2 aliphatic heterocycles. The molecule has 0 saturated carbocycles. The molecule has 0 unspecified atom stereocenters. The highest BCUT2D eigenvalue weighted by Gasteiger charge is 2.42. The van der Waals surface area contributed by atoms with Gasteiger partial charge in [0.1, 0.15) is 12.3 Å². The zero-order valence-electron chi connectivity index (χ0n) is 14.9. The van der Waals surface area contributed by atoms with Gasteiger partial charge in [-0.05, 0) is 42.5 Å². The Labute approximate surface area is 163 Å². The average Bonchev–Trinajstić information content (AvgIpc) is 3.23. The van der Waals surface area contributed by atoms with Gasteiger partial charge in [-0.15, -0.1) is 13.2 Å². The summed E-state index contributed by atoms with van der Waals surface area (Å²) in [7, 11) is 0. The highest BCUT2D eigenvalue weighted by Crippen LogP contribution is 2.32. The van der Waals surface area contributed by atoms with Crippen LogP contribution in [-0.4, -0.2) is 31.0 Å². The Morgan fingerprint density at radius 2 is 1.79 bits per heavy atom. The number of alkyl halides is 3. The first-order valence-electron chi connectivity index (χ1n) is 8.74. The van der Waals surface area contributed by atoms with E-state index in [-0.39, 0.29) is 18.9 Å². The van der Waals surface area contributed by atoms with E-state index in [1.165, 1.54) is 12.1 Å². The lowest BCUT2D eigenvalue weighted by atomic mass is 10.1. The van der Waals surface area contributed by atoms with E-state index in [2.05, 4.69) is 4.74 Å². The Morgan fingerprint density at radius 3 is 2.52 bits per heavy atom. The molecule has 2 aliphatic rings. The summed E-state index contributed by atoms with van der Waals surface area (Å²) in [6.07, 6.45) is -4.81. The number of nitrogens with two attached hydrogens (primary N) is 1. The minimum Gasteiger partial charge on any atom is -0.454 e. The molecule has 4 rings (SSSR count). The third-order valence-electron chi connectivity index (χ3n) is 4.59. The summed E-state index contributed by atoms with van der Waals surface area (Å²) in [6, 6.07) is 9.46. The highest BCUT2D eigenvalue weighted by molar-refractivity contribution is 6.21. The van der Waals surface area contributed by atoms with Gasteiger partial charge in [-0.1, -0.05) is 0 Å². The van der Waals surface area contributed by atoms with Crippen molar-refractivity contribution in [2.24, 2.45) is 0 Å². The van der Waals surface area contributed by atoms with Crippen LogP contribution >= 0.6 is 0 Å². The Balaban J connectivity index is 1.41. The van der Waals surface area contributed by atoms with Gasteiger partial charge in [0.2, 0.25) is 12.7 Å².